The topological polar surface area (TPSA) is 87.1 Å². The highest BCUT2D eigenvalue weighted by atomic mass is 16.1. The van der Waals surface area contributed by atoms with Crippen molar-refractivity contribution in [2.45, 2.75) is 6.92 Å². The number of benzene rings is 1. The quantitative estimate of drug-likeness (QED) is 0.748. The predicted molar refractivity (Wildman–Crippen MR) is 108 cm³/mol. The lowest BCUT2D eigenvalue weighted by molar-refractivity contribution is 0.102. The van der Waals surface area contributed by atoms with Crippen LogP contribution in [0.1, 0.15) is 16.3 Å². The van der Waals surface area contributed by atoms with Gasteiger partial charge in [-0.3, -0.25) is 4.79 Å². The summed E-state index contributed by atoms with van der Waals surface area (Å²) in [5, 5.41) is 11.2. The van der Waals surface area contributed by atoms with Gasteiger partial charge in [-0.2, -0.15) is 0 Å². The molecule has 28 heavy (non-hydrogen) atoms. The Labute approximate surface area is 163 Å². The molecule has 0 radical (unpaired) electrons. The van der Waals surface area contributed by atoms with E-state index in [9.17, 15) is 4.79 Å². The third-order valence-electron chi connectivity index (χ3n) is 4.60. The number of nitrogens with zero attached hydrogens (tertiary/aromatic N) is 6. The van der Waals surface area contributed by atoms with E-state index >= 15 is 0 Å². The summed E-state index contributed by atoms with van der Waals surface area (Å²) >= 11 is 0. The van der Waals surface area contributed by atoms with E-state index in [0.717, 1.165) is 49.3 Å². The molecular weight excluding hydrogens is 354 g/mol. The molecular formula is C20H21N7O. The summed E-state index contributed by atoms with van der Waals surface area (Å²) in [5.74, 6) is 2.23. The minimum absolute atomic E-state index is 0.269. The van der Waals surface area contributed by atoms with E-state index in [-0.39, 0.29) is 5.91 Å². The molecule has 1 aromatic carbocycles. The van der Waals surface area contributed by atoms with Crippen LogP contribution in [0, 0.1) is 6.92 Å². The standard InChI is InChI=1S/C20H21N7O/c1-15-21-10-9-18(22-15)26-11-13-27(14-12-26)19-8-7-17(24-25-19)20(28)23-16-5-3-2-4-6-16/h2-10H,11-14H2,1H3,(H,23,28). The van der Waals surface area contributed by atoms with E-state index in [2.05, 4.69) is 35.3 Å². The van der Waals surface area contributed by atoms with Crippen LogP contribution in [0.5, 0.6) is 0 Å². The van der Waals surface area contributed by atoms with Gasteiger partial charge in [-0.1, -0.05) is 18.2 Å². The molecule has 2 aromatic heterocycles. The third-order valence-corrected chi connectivity index (χ3v) is 4.60. The molecule has 1 N–H and O–H groups in total. The van der Waals surface area contributed by atoms with Crippen molar-refractivity contribution < 1.29 is 4.79 Å². The number of aromatic nitrogens is 4. The summed E-state index contributed by atoms with van der Waals surface area (Å²) in [6.07, 6.45) is 1.79. The molecule has 0 saturated carbocycles. The second-order valence-corrected chi connectivity index (χ2v) is 6.53. The molecule has 1 fully saturated rings. The van der Waals surface area contributed by atoms with Crippen molar-refractivity contribution in [3.63, 3.8) is 0 Å². The minimum atomic E-state index is -0.269. The molecule has 0 bridgehead atoms. The number of piperazine rings is 1. The van der Waals surface area contributed by atoms with Gasteiger partial charge in [0.2, 0.25) is 0 Å². The molecule has 142 valence electrons. The first-order valence-corrected chi connectivity index (χ1v) is 9.19. The fraction of sp³-hybridized carbons (Fsp3) is 0.250. The first-order valence-electron chi connectivity index (χ1n) is 9.19. The number of amides is 1. The molecule has 0 unspecified atom stereocenters. The number of anilines is 3. The Morgan fingerprint density at radius 1 is 0.893 bits per heavy atom. The Hall–Kier alpha value is -3.55. The van der Waals surface area contributed by atoms with Crippen LogP contribution >= 0.6 is 0 Å². The van der Waals surface area contributed by atoms with Gasteiger partial charge >= 0.3 is 0 Å². The van der Waals surface area contributed by atoms with Crippen molar-refractivity contribution in [2.75, 3.05) is 41.3 Å². The number of rotatable bonds is 4. The zero-order valence-electron chi connectivity index (χ0n) is 15.6. The average Bonchev–Trinajstić information content (AvgIpc) is 2.75. The Balaban J connectivity index is 1.36. The lowest BCUT2D eigenvalue weighted by Crippen LogP contribution is -2.47. The number of nitrogens with one attached hydrogen (secondary N) is 1. The minimum Gasteiger partial charge on any atom is -0.353 e. The van der Waals surface area contributed by atoms with Gasteiger partial charge in [0.15, 0.2) is 11.5 Å². The molecule has 1 amide bonds. The normalized spacial score (nSPS) is 14.0. The van der Waals surface area contributed by atoms with Crippen LogP contribution in [0.4, 0.5) is 17.3 Å². The maximum absolute atomic E-state index is 12.3. The lowest BCUT2D eigenvalue weighted by atomic mass is 10.3. The Bertz CT molecular complexity index is 938. The van der Waals surface area contributed by atoms with Gasteiger partial charge in [0.05, 0.1) is 0 Å². The van der Waals surface area contributed by atoms with Crippen LogP contribution in [-0.4, -0.2) is 52.3 Å². The zero-order valence-corrected chi connectivity index (χ0v) is 15.6. The van der Waals surface area contributed by atoms with Crippen molar-refractivity contribution in [3.8, 4) is 0 Å². The first-order chi connectivity index (χ1) is 13.7. The van der Waals surface area contributed by atoms with Crippen molar-refractivity contribution in [1.29, 1.82) is 0 Å². The van der Waals surface area contributed by atoms with Gasteiger partial charge in [-0.05, 0) is 37.3 Å². The molecule has 0 spiro atoms. The zero-order chi connectivity index (χ0) is 19.3. The summed E-state index contributed by atoms with van der Waals surface area (Å²) in [4.78, 5) is 25.3. The molecule has 8 heteroatoms. The maximum atomic E-state index is 12.3. The summed E-state index contributed by atoms with van der Waals surface area (Å²) in [6, 6.07) is 14.8. The van der Waals surface area contributed by atoms with Crippen LogP contribution in [0.15, 0.2) is 54.7 Å². The van der Waals surface area contributed by atoms with E-state index in [0.29, 0.717) is 5.69 Å². The number of carbonyl (C=O) groups excluding carboxylic acids is 1. The molecule has 3 heterocycles. The summed E-state index contributed by atoms with van der Waals surface area (Å²) in [6.45, 7) is 5.20. The van der Waals surface area contributed by atoms with Crippen molar-refractivity contribution in [3.05, 3.63) is 66.2 Å². The van der Waals surface area contributed by atoms with E-state index in [4.69, 9.17) is 0 Å². The number of carbonyl (C=O) groups is 1. The smallest absolute Gasteiger partial charge is 0.276 e. The number of para-hydroxylation sites is 1. The number of hydrogen-bond donors (Lipinski definition) is 1. The predicted octanol–water partition coefficient (Wildman–Crippen LogP) is 2.15. The Kier molecular flexibility index (Phi) is 5.09. The number of aryl methyl sites for hydroxylation is 1. The third kappa shape index (κ3) is 4.06. The van der Waals surface area contributed by atoms with Gasteiger partial charge in [-0.25, -0.2) is 9.97 Å². The summed E-state index contributed by atoms with van der Waals surface area (Å²) < 4.78 is 0. The molecule has 0 atom stereocenters. The summed E-state index contributed by atoms with van der Waals surface area (Å²) in [7, 11) is 0. The molecule has 3 aromatic rings. The Morgan fingerprint density at radius 3 is 2.25 bits per heavy atom. The Morgan fingerprint density at radius 2 is 1.61 bits per heavy atom. The second-order valence-electron chi connectivity index (χ2n) is 6.53. The summed E-state index contributed by atoms with van der Waals surface area (Å²) in [5.41, 5.74) is 1.03. The first kappa shape index (κ1) is 17.8. The van der Waals surface area contributed by atoms with Gasteiger partial charge in [0.1, 0.15) is 11.6 Å². The van der Waals surface area contributed by atoms with E-state index in [1.807, 2.05) is 49.4 Å². The number of hydrogen-bond acceptors (Lipinski definition) is 7. The fourth-order valence-electron chi connectivity index (χ4n) is 3.12. The lowest BCUT2D eigenvalue weighted by Gasteiger charge is -2.35. The largest absolute Gasteiger partial charge is 0.353 e. The molecule has 1 saturated heterocycles. The molecule has 4 rings (SSSR count). The van der Waals surface area contributed by atoms with E-state index in [1.165, 1.54) is 0 Å². The van der Waals surface area contributed by atoms with E-state index in [1.54, 1.807) is 12.3 Å². The highest BCUT2D eigenvalue weighted by Gasteiger charge is 2.20. The van der Waals surface area contributed by atoms with E-state index < -0.39 is 0 Å². The van der Waals surface area contributed by atoms with Crippen LogP contribution in [0.2, 0.25) is 0 Å². The van der Waals surface area contributed by atoms with Crippen molar-refractivity contribution >= 4 is 23.2 Å². The van der Waals surface area contributed by atoms with Gasteiger partial charge in [-0.15, -0.1) is 10.2 Å². The molecule has 1 aliphatic rings. The monoisotopic (exact) mass is 375 g/mol. The maximum Gasteiger partial charge on any atom is 0.276 e. The van der Waals surface area contributed by atoms with Crippen LogP contribution < -0.4 is 15.1 Å². The van der Waals surface area contributed by atoms with Crippen LogP contribution in [0.25, 0.3) is 0 Å². The average molecular weight is 375 g/mol. The molecule has 8 nitrogen and oxygen atoms in total. The highest BCUT2D eigenvalue weighted by molar-refractivity contribution is 6.02. The van der Waals surface area contributed by atoms with Crippen molar-refractivity contribution in [1.82, 2.24) is 20.2 Å². The van der Waals surface area contributed by atoms with Crippen LogP contribution in [-0.2, 0) is 0 Å². The van der Waals surface area contributed by atoms with Gasteiger partial charge in [0, 0.05) is 38.1 Å². The highest BCUT2D eigenvalue weighted by Crippen LogP contribution is 2.17. The fourth-order valence-corrected chi connectivity index (χ4v) is 3.12. The van der Waals surface area contributed by atoms with Crippen molar-refractivity contribution in [2.24, 2.45) is 0 Å². The van der Waals surface area contributed by atoms with Gasteiger partial charge < -0.3 is 15.1 Å². The SMILES string of the molecule is Cc1nccc(N2CCN(c3ccc(C(=O)Nc4ccccc4)nn3)CC2)n1. The molecule has 0 aliphatic carbocycles. The van der Waals surface area contributed by atoms with Gasteiger partial charge in [0.25, 0.3) is 5.91 Å². The second kappa shape index (κ2) is 7.99. The van der Waals surface area contributed by atoms with Crippen LogP contribution in [0.3, 0.4) is 0 Å². The molecule has 1 aliphatic heterocycles.